The fraction of sp³-hybridized carbons (Fsp3) is 0.125. The second kappa shape index (κ2) is 8.61. The molecule has 4 rings (SSSR count). The highest BCUT2D eigenvalue weighted by Gasteiger charge is 2.14. The number of ether oxygens (including phenoxy) is 2. The van der Waals surface area contributed by atoms with Crippen molar-refractivity contribution in [2.45, 2.75) is 20.5 Å². The van der Waals surface area contributed by atoms with E-state index in [0.29, 0.717) is 17.1 Å². The Balaban J connectivity index is 1.43. The molecule has 2 heterocycles. The van der Waals surface area contributed by atoms with Crippen LogP contribution in [0.5, 0.6) is 11.5 Å². The van der Waals surface area contributed by atoms with Gasteiger partial charge in [0.2, 0.25) is 0 Å². The topological polar surface area (TPSA) is 66.2 Å². The number of carbonyl (C=O) groups is 1. The first-order valence-corrected chi connectivity index (χ1v) is 9.57. The lowest BCUT2D eigenvalue weighted by Crippen LogP contribution is -2.07. The van der Waals surface area contributed by atoms with Crippen LogP contribution in [0.1, 0.15) is 27.3 Å². The predicted molar refractivity (Wildman–Crippen MR) is 113 cm³/mol. The fourth-order valence-electron chi connectivity index (χ4n) is 3.11. The van der Waals surface area contributed by atoms with Crippen LogP contribution >= 0.6 is 0 Å². The van der Waals surface area contributed by atoms with E-state index in [1.54, 1.807) is 48.8 Å². The molecular weight excluding hydrogens is 378 g/mol. The molecule has 0 atom stereocenters. The molecule has 0 radical (unpaired) electrons. The maximum Gasteiger partial charge on any atom is 0.342 e. The number of hydrogen-bond donors (Lipinski definition) is 0. The van der Waals surface area contributed by atoms with Crippen molar-refractivity contribution in [3.8, 4) is 17.2 Å². The minimum Gasteiger partial charge on any atom is -0.457 e. The Hall–Kier alpha value is -3.93. The summed E-state index contributed by atoms with van der Waals surface area (Å²) < 4.78 is 13.2. The summed E-state index contributed by atoms with van der Waals surface area (Å²) in [7, 11) is 0. The molecule has 2 aromatic carbocycles. The molecule has 0 saturated heterocycles. The van der Waals surface area contributed by atoms with Gasteiger partial charge in [0.05, 0.1) is 17.6 Å². The van der Waals surface area contributed by atoms with Crippen LogP contribution in [-0.2, 0) is 11.3 Å². The first kappa shape index (κ1) is 19.4. The van der Waals surface area contributed by atoms with E-state index < -0.39 is 5.97 Å². The van der Waals surface area contributed by atoms with E-state index in [9.17, 15) is 4.79 Å². The van der Waals surface area contributed by atoms with Crippen molar-refractivity contribution in [1.82, 2.24) is 14.8 Å². The molecule has 0 aliphatic rings. The van der Waals surface area contributed by atoms with Gasteiger partial charge in [-0.1, -0.05) is 24.3 Å². The molecule has 0 bridgehead atoms. The van der Waals surface area contributed by atoms with Gasteiger partial charge >= 0.3 is 5.97 Å². The van der Waals surface area contributed by atoms with Gasteiger partial charge in [-0.25, -0.2) is 9.48 Å². The lowest BCUT2D eigenvalue weighted by atomic mass is 10.2. The summed E-state index contributed by atoms with van der Waals surface area (Å²) in [6, 6.07) is 20.3. The molecule has 0 unspecified atom stereocenters. The molecule has 0 spiro atoms. The lowest BCUT2D eigenvalue weighted by molar-refractivity contribution is 0.0470. The molecule has 0 amide bonds. The average molecular weight is 399 g/mol. The summed E-state index contributed by atoms with van der Waals surface area (Å²) in [5.41, 5.74) is 4.25. The number of aromatic nitrogens is 3. The predicted octanol–water partition coefficient (Wildman–Crippen LogP) is 5.03. The maximum absolute atomic E-state index is 12.6. The van der Waals surface area contributed by atoms with E-state index in [-0.39, 0.29) is 6.61 Å². The van der Waals surface area contributed by atoms with Crippen molar-refractivity contribution in [2.24, 2.45) is 0 Å². The number of rotatable bonds is 6. The van der Waals surface area contributed by atoms with Crippen LogP contribution in [-0.4, -0.2) is 20.7 Å². The highest BCUT2D eigenvalue weighted by atomic mass is 16.5. The zero-order chi connectivity index (χ0) is 20.9. The molecule has 0 aliphatic heterocycles. The Morgan fingerprint density at radius 1 is 1.00 bits per heavy atom. The second-order valence-electron chi connectivity index (χ2n) is 6.87. The van der Waals surface area contributed by atoms with Gasteiger partial charge in [0.15, 0.2) is 0 Å². The van der Waals surface area contributed by atoms with Crippen LogP contribution in [0.4, 0.5) is 0 Å². The van der Waals surface area contributed by atoms with Gasteiger partial charge in [0, 0.05) is 11.9 Å². The molecule has 150 valence electrons. The molecule has 2 aromatic heterocycles. The third-order valence-electron chi connectivity index (χ3n) is 4.53. The van der Waals surface area contributed by atoms with Crippen LogP contribution in [0.25, 0.3) is 5.69 Å². The Kier molecular flexibility index (Phi) is 5.57. The first-order valence-electron chi connectivity index (χ1n) is 9.57. The van der Waals surface area contributed by atoms with E-state index in [2.05, 4.69) is 10.1 Å². The number of pyridine rings is 1. The summed E-state index contributed by atoms with van der Waals surface area (Å²) in [6.07, 6.45) is 3.25. The van der Waals surface area contributed by atoms with Crippen LogP contribution < -0.4 is 4.74 Å². The van der Waals surface area contributed by atoms with Crippen molar-refractivity contribution < 1.29 is 14.3 Å². The maximum atomic E-state index is 12.6. The van der Waals surface area contributed by atoms with E-state index in [4.69, 9.17) is 9.47 Å². The van der Waals surface area contributed by atoms with Gasteiger partial charge in [-0.3, -0.25) is 4.98 Å². The summed E-state index contributed by atoms with van der Waals surface area (Å²) in [5.74, 6) is 0.532. The Morgan fingerprint density at radius 2 is 1.80 bits per heavy atom. The van der Waals surface area contributed by atoms with Gasteiger partial charge in [-0.05, 0) is 61.9 Å². The van der Waals surface area contributed by atoms with Crippen LogP contribution in [0.2, 0.25) is 0 Å². The SMILES string of the molecule is Cc1cc(C)n(-c2ccc(COC(=O)c3ccccc3Oc3cccnc3)cc2)n1. The highest BCUT2D eigenvalue weighted by molar-refractivity contribution is 5.92. The van der Waals surface area contributed by atoms with E-state index in [0.717, 1.165) is 22.6 Å². The second-order valence-corrected chi connectivity index (χ2v) is 6.87. The van der Waals surface area contributed by atoms with Crippen molar-refractivity contribution in [2.75, 3.05) is 0 Å². The molecule has 6 nitrogen and oxygen atoms in total. The third kappa shape index (κ3) is 4.38. The quantitative estimate of drug-likeness (QED) is 0.425. The summed E-state index contributed by atoms with van der Waals surface area (Å²) >= 11 is 0. The highest BCUT2D eigenvalue weighted by Crippen LogP contribution is 2.25. The van der Waals surface area contributed by atoms with E-state index >= 15 is 0 Å². The average Bonchev–Trinajstić information content (AvgIpc) is 3.11. The molecule has 6 heteroatoms. The summed E-state index contributed by atoms with van der Waals surface area (Å²) in [6.45, 7) is 4.14. The van der Waals surface area contributed by atoms with Gasteiger partial charge in [-0.15, -0.1) is 0 Å². The molecule has 0 saturated carbocycles. The molecule has 30 heavy (non-hydrogen) atoms. The Labute approximate surface area is 174 Å². The number of benzene rings is 2. The number of hydrogen-bond acceptors (Lipinski definition) is 5. The standard InChI is InChI=1S/C24H21N3O3/c1-17-14-18(2)27(26-17)20-11-9-19(10-12-20)16-29-24(28)22-7-3-4-8-23(22)30-21-6-5-13-25-15-21/h3-15H,16H2,1-2H3. The van der Waals surface area contributed by atoms with Gasteiger partial charge in [-0.2, -0.15) is 5.10 Å². The number of carbonyl (C=O) groups excluding carboxylic acids is 1. The smallest absolute Gasteiger partial charge is 0.342 e. The van der Waals surface area contributed by atoms with Gasteiger partial charge in [0.1, 0.15) is 23.7 Å². The first-order chi connectivity index (χ1) is 14.6. The molecule has 4 aromatic rings. The fourth-order valence-corrected chi connectivity index (χ4v) is 3.11. The largest absolute Gasteiger partial charge is 0.457 e. The Bertz CT molecular complexity index is 1150. The van der Waals surface area contributed by atoms with Crippen molar-refractivity contribution in [3.05, 3.63) is 102 Å². The Morgan fingerprint density at radius 3 is 2.50 bits per heavy atom. The number of para-hydroxylation sites is 1. The molecular formula is C24H21N3O3. The molecule has 0 aliphatic carbocycles. The summed E-state index contributed by atoms with van der Waals surface area (Å²) in [4.78, 5) is 16.7. The number of nitrogens with zero attached hydrogens (tertiary/aromatic N) is 3. The van der Waals surface area contributed by atoms with Crippen molar-refractivity contribution in [1.29, 1.82) is 0 Å². The minimum atomic E-state index is -0.447. The zero-order valence-corrected chi connectivity index (χ0v) is 16.8. The number of esters is 1. The third-order valence-corrected chi connectivity index (χ3v) is 4.53. The zero-order valence-electron chi connectivity index (χ0n) is 16.8. The summed E-state index contributed by atoms with van der Waals surface area (Å²) in [5, 5.41) is 4.48. The molecule has 0 fully saturated rings. The van der Waals surface area contributed by atoms with Crippen LogP contribution in [0, 0.1) is 13.8 Å². The van der Waals surface area contributed by atoms with Crippen molar-refractivity contribution >= 4 is 5.97 Å². The number of aryl methyl sites for hydroxylation is 2. The monoisotopic (exact) mass is 399 g/mol. The molecule has 0 N–H and O–H groups in total. The normalized spacial score (nSPS) is 10.6. The van der Waals surface area contributed by atoms with E-state index in [1.807, 2.05) is 48.9 Å². The van der Waals surface area contributed by atoms with Crippen molar-refractivity contribution in [3.63, 3.8) is 0 Å². The van der Waals surface area contributed by atoms with E-state index in [1.165, 1.54) is 0 Å². The van der Waals surface area contributed by atoms with Gasteiger partial charge in [0.25, 0.3) is 0 Å². The minimum absolute atomic E-state index is 0.164. The van der Waals surface area contributed by atoms with Gasteiger partial charge < -0.3 is 9.47 Å². The van der Waals surface area contributed by atoms with Crippen LogP contribution in [0.15, 0.2) is 79.1 Å². The van der Waals surface area contributed by atoms with Crippen LogP contribution in [0.3, 0.4) is 0 Å². The lowest BCUT2D eigenvalue weighted by Gasteiger charge is -2.11.